The highest BCUT2D eigenvalue weighted by Gasteiger charge is 2.42. The van der Waals surface area contributed by atoms with Crippen LogP contribution in [0.2, 0.25) is 0 Å². The Morgan fingerprint density at radius 1 is 1.45 bits per heavy atom. The molecule has 1 N–H and O–H groups in total. The summed E-state index contributed by atoms with van der Waals surface area (Å²) in [7, 11) is -5.02. The van der Waals surface area contributed by atoms with E-state index in [0.29, 0.717) is 4.90 Å². The summed E-state index contributed by atoms with van der Waals surface area (Å²) < 4.78 is 34.8. The van der Waals surface area contributed by atoms with Crippen molar-refractivity contribution in [1.29, 1.82) is 0 Å². The predicted octanol–water partition coefficient (Wildman–Crippen LogP) is 0.698. The molecular weight excluding hydrogens is 323 g/mol. The van der Waals surface area contributed by atoms with E-state index in [-0.39, 0.29) is 0 Å². The van der Waals surface area contributed by atoms with E-state index in [1.807, 2.05) is 0 Å². The molecule has 0 spiro atoms. The van der Waals surface area contributed by atoms with Crippen molar-refractivity contribution in [1.82, 2.24) is 0 Å². The molecule has 1 heterocycles. The second kappa shape index (κ2) is 5.33. The van der Waals surface area contributed by atoms with Crippen molar-refractivity contribution in [2.75, 3.05) is 11.4 Å². The molecule has 0 radical (unpaired) electrons. The molecule has 1 fully saturated rings. The number of benzene rings is 1. The number of carboxylic acid groups (broad SMARTS) is 1. The molecule has 1 aliphatic rings. The number of aromatic carboxylic acids is 1. The van der Waals surface area contributed by atoms with E-state index in [2.05, 4.69) is 0 Å². The summed E-state index contributed by atoms with van der Waals surface area (Å²) in [5, 5.41) is 18.4. The molecule has 0 bridgehead atoms. The minimum absolute atomic E-state index is 0.542. The van der Waals surface area contributed by atoms with Gasteiger partial charge in [0.05, 0.1) is 10.5 Å². The topological polar surface area (TPSA) is 135 Å². The Morgan fingerprint density at radius 2 is 2.09 bits per heavy atom. The Balaban J connectivity index is 2.59. The number of carbonyl (C=O) groups excluding carboxylic acids is 1. The first-order valence-corrected chi connectivity index (χ1v) is 7.32. The van der Waals surface area contributed by atoms with Gasteiger partial charge in [-0.15, -0.1) is 3.89 Å². The number of hydrogen-bond donors (Lipinski definition) is 1. The third-order valence-corrected chi connectivity index (χ3v) is 4.31. The molecule has 1 unspecified atom stereocenters. The van der Waals surface area contributed by atoms with Crippen molar-refractivity contribution < 1.29 is 31.9 Å². The van der Waals surface area contributed by atoms with Crippen LogP contribution in [0.5, 0.6) is 0 Å². The van der Waals surface area contributed by atoms with E-state index in [1.54, 1.807) is 0 Å². The van der Waals surface area contributed by atoms with Crippen molar-refractivity contribution in [3.05, 3.63) is 33.9 Å². The number of carboxylic acids is 1. The summed E-state index contributed by atoms with van der Waals surface area (Å²) in [4.78, 5) is 33.8. The first-order valence-electron chi connectivity index (χ1n) is 5.87. The van der Waals surface area contributed by atoms with E-state index >= 15 is 0 Å². The Hall–Kier alpha value is -2.56. The Labute approximate surface area is 123 Å². The highest BCUT2D eigenvalue weighted by Crippen LogP contribution is 2.36. The first kappa shape index (κ1) is 15.8. The van der Waals surface area contributed by atoms with Crippen LogP contribution >= 0.6 is 0 Å². The fourth-order valence-corrected chi connectivity index (χ4v) is 2.88. The van der Waals surface area contributed by atoms with Gasteiger partial charge in [0.25, 0.3) is 5.69 Å². The fraction of sp³-hybridized carbons (Fsp3) is 0.273. The van der Waals surface area contributed by atoms with Crippen molar-refractivity contribution >= 4 is 33.5 Å². The summed E-state index contributed by atoms with van der Waals surface area (Å²) >= 11 is 0. The predicted molar refractivity (Wildman–Crippen MR) is 70.8 cm³/mol. The zero-order chi connectivity index (χ0) is 16.7. The molecule has 22 heavy (non-hydrogen) atoms. The fourth-order valence-electron chi connectivity index (χ4n) is 2.21. The molecule has 1 amide bonds. The largest absolute Gasteiger partial charge is 0.478 e. The van der Waals surface area contributed by atoms with Crippen LogP contribution in [0.4, 0.5) is 15.3 Å². The van der Waals surface area contributed by atoms with Gasteiger partial charge < -0.3 is 10.0 Å². The van der Waals surface area contributed by atoms with E-state index < -0.39 is 62.2 Å². The number of para-hydroxylation sites is 1. The third-order valence-electron chi connectivity index (χ3n) is 3.20. The molecule has 9 nitrogen and oxygen atoms in total. The van der Waals surface area contributed by atoms with Gasteiger partial charge in [-0.3, -0.25) is 14.9 Å². The normalized spacial score (nSPS) is 18.5. The van der Waals surface area contributed by atoms with Crippen molar-refractivity contribution in [2.24, 2.45) is 0 Å². The highest BCUT2D eigenvalue weighted by molar-refractivity contribution is 7.87. The van der Waals surface area contributed by atoms with Crippen LogP contribution in [0.15, 0.2) is 18.2 Å². The molecule has 1 atom stereocenters. The van der Waals surface area contributed by atoms with Gasteiger partial charge in [0, 0.05) is 19.0 Å². The molecule has 1 aliphatic heterocycles. The number of hydrogen-bond acceptors (Lipinski definition) is 6. The van der Waals surface area contributed by atoms with Crippen LogP contribution in [-0.2, 0) is 15.0 Å². The van der Waals surface area contributed by atoms with Gasteiger partial charge in [0.2, 0.25) is 5.91 Å². The Morgan fingerprint density at radius 3 is 2.55 bits per heavy atom. The van der Waals surface area contributed by atoms with Crippen LogP contribution in [0.3, 0.4) is 0 Å². The number of nitrogens with zero attached hydrogens (tertiary/aromatic N) is 2. The van der Waals surface area contributed by atoms with Gasteiger partial charge in [0.15, 0.2) is 0 Å². The molecular formula is C11H9FN2O7S. The number of nitro benzene ring substituents is 1. The Kier molecular flexibility index (Phi) is 3.83. The number of halogens is 1. The van der Waals surface area contributed by atoms with E-state index in [4.69, 9.17) is 5.11 Å². The maximum atomic E-state index is 13.0. The molecule has 11 heteroatoms. The van der Waals surface area contributed by atoms with Gasteiger partial charge >= 0.3 is 16.2 Å². The average molecular weight is 332 g/mol. The smallest absolute Gasteiger partial charge is 0.338 e. The molecule has 1 saturated heterocycles. The van der Waals surface area contributed by atoms with Crippen LogP contribution in [-0.4, -0.2) is 42.1 Å². The average Bonchev–Trinajstić information content (AvgIpc) is 2.79. The van der Waals surface area contributed by atoms with Crippen molar-refractivity contribution in [3.63, 3.8) is 0 Å². The molecule has 1 aromatic rings. The first-order chi connectivity index (χ1) is 10.1. The number of carbonyl (C=O) groups is 2. The molecule has 0 aromatic heterocycles. The minimum Gasteiger partial charge on any atom is -0.478 e. The van der Waals surface area contributed by atoms with Crippen LogP contribution in [0, 0.1) is 10.1 Å². The summed E-state index contributed by atoms with van der Waals surface area (Å²) in [5.74, 6) is -2.43. The van der Waals surface area contributed by atoms with E-state index in [0.717, 1.165) is 18.2 Å². The maximum Gasteiger partial charge on any atom is 0.338 e. The van der Waals surface area contributed by atoms with Gasteiger partial charge in [-0.25, -0.2) is 4.79 Å². The lowest BCUT2D eigenvalue weighted by atomic mass is 10.1. The van der Waals surface area contributed by atoms with Crippen molar-refractivity contribution in [2.45, 2.75) is 11.7 Å². The molecule has 1 aromatic carbocycles. The maximum absolute atomic E-state index is 13.0. The summed E-state index contributed by atoms with van der Waals surface area (Å²) in [6, 6.07) is 3.14. The van der Waals surface area contributed by atoms with Crippen LogP contribution in [0.25, 0.3) is 0 Å². The van der Waals surface area contributed by atoms with Crippen molar-refractivity contribution in [3.8, 4) is 0 Å². The highest BCUT2D eigenvalue weighted by atomic mass is 32.3. The third kappa shape index (κ3) is 2.74. The monoisotopic (exact) mass is 332 g/mol. The zero-order valence-electron chi connectivity index (χ0n) is 10.8. The number of nitro groups is 1. The lowest BCUT2D eigenvalue weighted by molar-refractivity contribution is -0.384. The molecule has 2 rings (SSSR count). The lowest BCUT2D eigenvalue weighted by Crippen LogP contribution is -2.29. The van der Waals surface area contributed by atoms with E-state index in [9.17, 15) is 32.0 Å². The van der Waals surface area contributed by atoms with Crippen LogP contribution in [0.1, 0.15) is 16.8 Å². The molecule has 118 valence electrons. The number of anilines is 1. The summed E-state index contributed by atoms with van der Waals surface area (Å²) in [5.41, 5.74) is -1.76. The van der Waals surface area contributed by atoms with E-state index in [1.165, 1.54) is 0 Å². The summed E-state index contributed by atoms with van der Waals surface area (Å²) in [6.45, 7) is -0.678. The second-order valence-corrected chi connectivity index (χ2v) is 6.16. The van der Waals surface area contributed by atoms with Crippen LogP contribution < -0.4 is 4.90 Å². The minimum atomic E-state index is -5.02. The Bertz CT molecular complexity index is 744. The molecule has 0 aliphatic carbocycles. The van der Waals surface area contributed by atoms with Gasteiger partial charge in [-0.1, -0.05) is 6.07 Å². The van der Waals surface area contributed by atoms with Gasteiger partial charge in [0.1, 0.15) is 10.9 Å². The van der Waals surface area contributed by atoms with Gasteiger partial charge in [-0.2, -0.15) is 8.42 Å². The second-order valence-electron chi connectivity index (χ2n) is 4.54. The SMILES string of the molecule is O=C(O)c1cccc([N+](=O)[O-])c1N1CC(S(=O)(=O)F)CC1=O. The quantitative estimate of drug-likeness (QED) is 0.487. The lowest BCUT2D eigenvalue weighted by Gasteiger charge is -2.18. The number of amides is 1. The standard InChI is InChI=1S/C11H9FN2O7S/c12-22(20,21)6-4-9(15)13(5-6)10-7(11(16)17)2-1-3-8(10)14(18)19/h1-3,6H,4-5H2,(H,16,17). The zero-order valence-corrected chi connectivity index (χ0v) is 11.6. The number of rotatable bonds is 4. The molecule has 0 saturated carbocycles. The summed E-state index contributed by atoms with van der Waals surface area (Å²) in [6.07, 6.45) is -0.704. The van der Waals surface area contributed by atoms with Gasteiger partial charge in [-0.05, 0) is 6.07 Å².